The summed E-state index contributed by atoms with van der Waals surface area (Å²) in [5, 5.41) is 13.7. The number of hydrogen-bond acceptors (Lipinski definition) is 4. The van der Waals surface area contributed by atoms with Crippen molar-refractivity contribution in [3.63, 3.8) is 0 Å². The van der Waals surface area contributed by atoms with E-state index in [4.69, 9.17) is 5.11 Å². The standard InChI is InChI=1S/C14H16N2O3S/c1-2-20(19)8-7-15-13-11-6-4-3-5-10(11)12(9-16-13)14(17)18/h3-6,9H,2,7-8H2,1H3,(H,15,16)(H,17,18). The molecular weight excluding hydrogens is 276 g/mol. The van der Waals surface area contributed by atoms with E-state index in [1.165, 1.54) is 6.20 Å². The van der Waals surface area contributed by atoms with Crippen molar-refractivity contribution >= 4 is 33.4 Å². The summed E-state index contributed by atoms with van der Waals surface area (Å²) in [6, 6.07) is 7.22. The highest BCUT2D eigenvalue weighted by Gasteiger charge is 2.11. The molecule has 2 N–H and O–H groups in total. The van der Waals surface area contributed by atoms with Crippen LogP contribution < -0.4 is 5.32 Å². The summed E-state index contributed by atoms with van der Waals surface area (Å²) >= 11 is 0. The number of pyridine rings is 1. The van der Waals surface area contributed by atoms with Crippen molar-refractivity contribution in [2.75, 3.05) is 23.4 Å². The van der Waals surface area contributed by atoms with Crippen LogP contribution in [0, 0.1) is 0 Å². The number of carboxylic acids is 1. The molecule has 0 saturated heterocycles. The van der Waals surface area contributed by atoms with Crippen molar-refractivity contribution in [3.05, 3.63) is 36.0 Å². The van der Waals surface area contributed by atoms with Gasteiger partial charge in [-0.3, -0.25) is 4.21 Å². The van der Waals surface area contributed by atoms with Crippen LogP contribution in [0.1, 0.15) is 17.3 Å². The zero-order valence-corrected chi connectivity index (χ0v) is 11.9. The average Bonchev–Trinajstić information content (AvgIpc) is 2.46. The first-order chi connectivity index (χ1) is 9.63. The number of carboxylic acid groups (broad SMARTS) is 1. The maximum Gasteiger partial charge on any atom is 0.337 e. The molecule has 6 heteroatoms. The van der Waals surface area contributed by atoms with Gasteiger partial charge in [-0.15, -0.1) is 0 Å². The van der Waals surface area contributed by atoms with Gasteiger partial charge in [0.25, 0.3) is 0 Å². The lowest BCUT2D eigenvalue weighted by Gasteiger charge is -2.10. The molecule has 0 aliphatic heterocycles. The van der Waals surface area contributed by atoms with Gasteiger partial charge >= 0.3 is 5.97 Å². The quantitative estimate of drug-likeness (QED) is 0.852. The predicted molar refractivity (Wildman–Crippen MR) is 80.7 cm³/mol. The zero-order valence-electron chi connectivity index (χ0n) is 11.1. The van der Waals surface area contributed by atoms with Crippen LogP contribution in [-0.2, 0) is 10.8 Å². The Bertz CT molecular complexity index is 658. The smallest absolute Gasteiger partial charge is 0.337 e. The van der Waals surface area contributed by atoms with Crippen LogP contribution in [-0.4, -0.2) is 38.3 Å². The second-order valence-corrected chi connectivity index (χ2v) is 6.10. The summed E-state index contributed by atoms with van der Waals surface area (Å²) in [6.45, 7) is 2.43. The number of benzene rings is 1. The highest BCUT2D eigenvalue weighted by Crippen LogP contribution is 2.24. The molecule has 2 aromatic rings. The van der Waals surface area contributed by atoms with Crippen LogP contribution in [0.5, 0.6) is 0 Å². The van der Waals surface area contributed by atoms with E-state index in [0.717, 1.165) is 5.39 Å². The minimum Gasteiger partial charge on any atom is -0.478 e. The van der Waals surface area contributed by atoms with Crippen molar-refractivity contribution in [1.29, 1.82) is 0 Å². The molecule has 0 aliphatic rings. The van der Waals surface area contributed by atoms with Gasteiger partial charge in [0.1, 0.15) is 5.82 Å². The molecule has 1 heterocycles. The van der Waals surface area contributed by atoms with E-state index in [0.29, 0.717) is 29.3 Å². The third-order valence-corrected chi connectivity index (χ3v) is 4.27. The number of fused-ring (bicyclic) bond motifs is 1. The first kappa shape index (κ1) is 14.5. The normalized spacial score (nSPS) is 12.2. The first-order valence-corrected chi connectivity index (χ1v) is 7.82. The molecule has 5 nitrogen and oxygen atoms in total. The lowest BCUT2D eigenvalue weighted by molar-refractivity contribution is 0.0698. The van der Waals surface area contributed by atoms with Crippen LogP contribution in [0.15, 0.2) is 30.5 Å². The minimum absolute atomic E-state index is 0.184. The highest BCUT2D eigenvalue weighted by atomic mass is 32.2. The van der Waals surface area contributed by atoms with Crippen molar-refractivity contribution in [2.24, 2.45) is 0 Å². The Kier molecular flexibility index (Phi) is 4.68. The average molecular weight is 292 g/mol. The molecule has 0 spiro atoms. The van der Waals surface area contributed by atoms with Gasteiger partial charge in [-0.1, -0.05) is 31.2 Å². The lowest BCUT2D eigenvalue weighted by Crippen LogP contribution is -2.13. The SMILES string of the molecule is CCS(=O)CCNc1ncc(C(=O)O)c2ccccc12. The lowest BCUT2D eigenvalue weighted by atomic mass is 10.1. The van der Waals surface area contributed by atoms with Crippen LogP contribution in [0.3, 0.4) is 0 Å². The van der Waals surface area contributed by atoms with Crippen molar-refractivity contribution in [1.82, 2.24) is 4.98 Å². The van der Waals surface area contributed by atoms with Crippen LogP contribution >= 0.6 is 0 Å². The van der Waals surface area contributed by atoms with E-state index in [2.05, 4.69) is 10.3 Å². The molecule has 0 fully saturated rings. The van der Waals surface area contributed by atoms with E-state index in [-0.39, 0.29) is 5.56 Å². The fourth-order valence-corrected chi connectivity index (χ4v) is 2.55. The van der Waals surface area contributed by atoms with Crippen molar-refractivity contribution in [2.45, 2.75) is 6.92 Å². The molecule has 0 bridgehead atoms. The molecule has 0 saturated carbocycles. The molecule has 20 heavy (non-hydrogen) atoms. The van der Waals surface area contributed by atoms with Gasteiger partial charge in [0, 0.05) is 45.8 Å². The Hall–Kier alpha value is -1.95. The molecule has 0 aliphatic carbocycles. The maximum atomic E-state index is 11.4. The molecule has 0 radical (unpaired) electrons. The van der Waals surface area contributed by atoms with Gasteiger partial charge in [0.2, 0.25) is 0 Å². The zero-order chi connectivity index (χ0) is 14.5. The molecule has 106 valence electrons. The van der Waals surface area contributed by atoms with Gasteiger partial charge in [-0.2, -0.15) is 0 Å². The minimum atomic E-state index is -0.993. The van der Waals surface area contributed by atoms with E-state index in [9.17, 15) is 9.00 Å². The van der Waals surface area contributed by atoms with Crippen LogP contribution in [0.4, 0.5) is 5.82 Å². The summed E-state index contributed by atoms with van der Waals surface area (Å²) in [4.78, 5) is 15.3. The Morgan fingerprint density at radius 1 is 1.35 bits per heavy atom. The summed E-state index contributed by atoms with van der Waals surface area (Å²) in [5.41, 5.74) is 0.184. The molecular formula is C14H16N2O3S. The van der Waals surface area contributed by atoms with E-state index in [1.807, 2.05) is 19.1 Å². The van der Waals surface area contributed by atoms with Crippen molar-refractivity contribution in [3.8, 4) is 0 Å². The molecule has 0 amide bonds. The number of nitrogens with one attached hydrogen (secondary N) is 1. The van der Waals surface area contributed by atoms with Gasteiger partial charge in [-0.25, -0.2) is 9.78 Å². The maximum absolute atomic E-state index is 11.4. The second kappa shape index (κ2) is 6.47. The molecule has 1 aromatic carbocycles. The third kappa shape index (κ3) is 3.14. The Labute approximate surface area is 119 Å². The molecule has 1 aromatic heterocycles. The van der Waals surface area contributed by atoms with Gasteiger partial charge < -0.3 is 10.4 Å². The Morgan fingerprint density at radius 2 is 2.05 bits per heavy atom. The van der Waals surface area contributed by atoms with Gasteiger partial charge in [0.15, 0.2) is 0 Å². The fraction of sp³-hybridized carbons (Fsp3) is 0.286. The monoisotopic (exact) mass is 292 g/mol. The van der Waals surface area contributed by atoms with E-state index >= 15 is 0 Å². The molecule has 1 atom stereocenters. The number of anilines is 1. The summed E-state index contributed by atoms with van der Waals surface area (Å²) in [7, 11) is -0.830. The van der Waals surface area contributed by atoms with Crippen LogP contribution in [0.2, 0.25) is 0 Å². The molecule has 1 unspecified atom stereocenters. The fourth-order valence-electron chi connectivity index (χ4n) is 1.93. The summed E-state index contributed by atoms with van der Waals surface area (Å²) in [6.07, 6.45) is 1.35. The van der Waals surface area contributed by atoms with Crippen molar-refractivity contribution < 1.29 is 14.1 Å². The number of aromatic nitrogens is 1. The summed E-state index contributed by atoms with van der Waals surface area (Å²) < 4.78 is 11.4. The number of nitrogens with zero attached hydrogens (tertiary/aromatic N) is 1. The van der Waals surface area contributed by atoms with E-state index in [1.54, 1.807) is 12.1 Å². The largest absolute Gasteiger partial charge is 0.478 e. The summed E-state index contributed by atoms with van der Waals surface area (Å²) in [5.74, 6) is 0.812. The van der Waals surface area contributed by atoms with Gasteiger partial charge in [-0.05, 0) is 0 Å². The predicted octanol–water partition coefficient (Wildman–Crippen LogP) is 2.11. The second-order valence-electron chi connectivity index (χ2n) is 4.23. The molecule has 2 rings (SSSR count). The van der Waals surface area contributed by atoms with Crippen LogP contribution in [0.25, 0.3) is 10.8 Å². The Morgan fingerprint density at radius 3 is 2.70 bits per heavy atom. The first-order valence-electron chi connectivity index (χ1n) is 6.33. The van der Waals surface area contributed by atoms with Gasteiger partial charge in [0.05, 0.1) is 5.56 Å². The highest BCUT2D eigenvalue weighted by molar-refractivity contribution is 7.84. The number of carbonyl (C=O) groups is 1. The third-order valence-electron chi connectivity index (χ3n) is 2.97. The topological polar surface area (TPSA) is 79.3 Å². The van der Waals surface area contributed by atoms with E-state index < -0.39 is 16.8 Å². The number of rotatable bonds is 6. The number of aromatic carboxylic acids is 1. The Balaban J connectivity index is 2.29. The number of hydrogen-bond donors (Lipinski definition) is 2.